The number of rotatable bonds is 4. The van der Waals surface area contributed by atoms with Crippen molar-refractivity contribution in [3.8, 4) is 5.69 Å². The first kappa shape index (κ1) is 19.9. The van der Waals surface area contributed by atoms with Crippen molar-refractivity contribution < 1.29 is 27.9 Å². The van der Waals surface area contributed by atoms with Gasteiger partial charge in [0.15, 0.2) is 5.69 Å². The number of carbonyl (C=O) groups is 2. The van der Waals surface area contributed by atoms with Crippen LogP contribution >= 0.6 is 0 Å². The molecule has 9 heteroatoms. The number of hydrogen-bond acceptors (Lipinski definition) is 3. The fourth-order valence-corrected chi connectivity index (χ4v) is 3.42. The van der Waals surface area contributed by atoms with Crippen LogP contribution in [0.4, 0.5) is 13.2 Å². The predicted octanol–water partition coefficient (Wildman–Crippen LogP) is 3.57. The summed E-state index contributed by atoms with van der Waals surface area (Å²) < 4.78 is 41.8. The maximum absolute atomic E-state index is 13.7. The van der Waals surface area contributed by atoms with Crippen molar-refractivity contribution in [3.05, 3.63) is 47.3 Å². The van der Waals surface area contributed by atoms with E-state index in [0.717, 1.165) is 16.4 Å². The molecule has 1 amide bonds. The van der Waals surface area contributed by atoms with Crippen LogP contribution in [-0.4, -0.2) is 32.8 Å². The van der Waals surface area contributed by atoms with Crippen LogP contribution in [0, 0.1) is 12.8 Å². The van der Waals surface area contributed by atoms with Gasteiger partial charge in [-0.25, -0.2) is 4.68 Å². The number of hydrogen-bond donors (Lipinski definition) is 2. The summed E-state index contributed by atoms with van der Waals surface area (Å²) in [6.07, 6.45) is -2.26. The van der Waals surface area contributed by atoms with Gasteiger partial charge >= 0.3 is 12.1 Å². The Kier molecular flexibility index (Phi) is 5.44. The molecule has 0 bridgehead atoms. The molecule has 0 radical (unpaired) electrons. The van der Waals surface area contributed by atoms with Crippen LogP contribution in [0.15, 0.2) is 30.5 Å². The summed E-state index contributed by atoms with van der Waals surface area (Å²) >= 11 is 0. The first-order valence-corrected chi connectivity index (χ1v) is 8.92. The maximum atomic E-state index is 13.7. The molecule has 0 saturated heterocycles. The van der Waals surface area contributed by atoms with E-state index >= 15 is 0 Å². The van der Waals surface area contributed by atoms with Crippen molar-refractivity contribution in [1.29, 1.82) is 0 Å². The lowest BCUT2D eigenvalue weighted by Gasteiger charge is -2.26. The number of aliphatic carboxylic acids is 1. The number of carbonyl (C=O) groups excluding carboxylic acids is 1. The number of carboxylic acids is 1. The lowest BCUT2D eigenvalue weighted by Crippen LogP contribution is -2.39. The van der Waals surface area contributed by atoms with Crippen molar-refractivity contribution in [2.45, 2.75) is 44.8 Å². The quantitative estimate of drug-likeness (QED) is 0.829. The number of aromatic nitrogens is 2. The molecule has 1 fully saturated rings. The highest BCUT2D eigenvalue weighted by molar-refractivity contribution is 5.95. The Bertz CT molecular complexity index is 867. The fraction of sp³-hybridized carbons (Fsp3) is 0.421. The van der Waals surface area contributed by atoms with E-state index in [1.165, 1.54) is 12.1 Å². The molecule has 3 rings (SSSR count). The summed E-state index contributed by atoms with van der Waals surface area (Å²) in [6.45, 7) is 1.81. The van der Waals surface area contributed by atoms with Crippen LogP contribution in [0.2, 0.25) is 0 Å². The topological polar surface area (TPSA) is 84.2 Å². The molecule has 1 saturated carbocycles. The number of nitrogens with zero attached hydrogens (tertiary/aromatic N) is 2. The van der Waals surface area contributed by atoms with Gasteiger partial charge in [-0.3, -0.25) is 9.59 Å². The summed E-state index contributed by atoms with van der Waals surface area (Å²) in [5, 5.41) is 15.4. The molecule has 1 aliphatic rings. The fourth-order valence-electron chi connectivity index (χ4n) is 3.42. The van der Waals surface area contributed by atoms with E-state index < -0.39 is 35.2 Å². The average Bonchev–Trinajstić information content (AvgIpc) is 3.08. The van der Waals surface area contributed by atoms with E-state index in [4.69, 9.17) is 5.11 Å². The van der Waals surface area contributed by atoms with Gasteiger partial charge in [-0.15, -0.1) is 0 Å². The highest BCUT2D eigenvalue weighted by atomic mass is 19.4. The van der Waals surface area contributed by atoms with Crippen LogP contribution in [0.25, 0.3) is 5.69 Å². The molecule has 1 aromatic carbocycles. The molecule has 2 aromatic rings. The smallest absolute Gasteiger partial charge is 0.434 e. The molecule has 0 spiro atoms. The van der Waals surface area contributed by atoms with Crippen molar-refractivity contribution in [2.24, 2.45) is 5.92 Å². The van der Waals surface area contributed by atoms with E-state index in [1.54, 1.807) is 12.1 Å². The number of nitrogens with one attached hydrogen (secondary N) is 1. The highest BCUT2D eigenvalue weighted by Crippen LogP contribution is 2.34. The number of amides is 1. The lowest BCUT2D eigenvalue weighted by atomic mass is 9.86. The summed E-state index contributed by atoms with van der Waals surface area (Å²) in [4.78, 5) is 23.5. The molecule has 0 atom stereocenters. The molecular formula is C19H20F3N3O3. The summed E-state index contributed by atoms with van der Waals surface area (Å²) in [5.74, 6) is -2.21. The summed E-state index contributed by atoms with van der Waals surface area (Å²) in [7, 11) is 0. The second-order valence-corrected chi connectivity index (χ2v) is 7.01. The van der Waals surface area contributed by atoms with Crippen LogP contribution in [0.1, 0.15) is 47.3 Å². The minimum Gasteiger partial charge on any atom is -0.481 e. The van der Waals surface area contributed by atoms with Crippen LogP contribution in [-0.2, 0) is 11.0 Å². The van der Waals surface area contributed by atoms with Crippen molar-refractivity contribution in [3.63, 3.8) is 0 Å². The zero-order valence-corrected chi connectivity index (χ0v) is 15.2. The third-order valence-corrected chi connectivity index (χ3v) is 4.97. The Morgan fingerprint density at radius 3 is 2.29 bits per heavy atom. The second-order valence-electron chi connectivity index (χ2n) is 7.01. The van der Waals surface area contributed by atoms with Crippen molar-refractivity contribution in [2.75, 3.05) is 0 Å². The molecule has 0 aliphatic heterocycles. The Morgan fingerprint density at radius 1 is 1.14 bits per heavy atom. The van der Waals surface area contributed by atoms with Gasteiger partial charge in [0.25, 0.3) is 5.91 Å². The van der Waals surface area contributed by atoms with Gasteiger partial charge in [0.1, 0.15) is 0 Å². The maximum Gasteiger partial charge on any atom is 0.434 e. The van der Waals surface area contributed by atoms with Gasteiger partial charge in [-0.05, 0) is 44.7 Å². The van der Waals surface area contributed by atoms with Gasteiger partial charge in [0, 0.05) is 6.04 Å². The average molecular weight is 395 g/mol. The Labute approximate surface area is 159 Å². The molecule has 1 aromatic heterocycles. The highest BCUT2D eigenvalue weighted by Gasteiger charge is 2.41. The molecule has 6 nitrogen and oxygen atoms in total. The van der Waals surface area contributed by atoms with E-state index in [0.29, 0.717) is 25.7 Å². The first-order valence-electron chi connectivity index (χ1n) is 8.92. The van der Waals surface area contributed by atoms with E-state index in [1.807, 2.05) is 6.92 Å². The molecule has 1 aliphatic carbocycles. The number of alkyl halides is 3. The summed E-state index contributed by atoms with van der Waals surface area (Å²) in [5.41, 5.74) is -0.583. The van der Waals surface area contributed by atoms with Gasteiger partial charge < -0.3 is 10.4 Å². The number of benzene rings is 1. The molecule has 2 N–H and O–H groups in total. The second kappa shape index (κ2) is 7.65. The monoisotopic (exact) mass is 395 g/mol. The largest absolute Gasteiger partial charge is 0.481 e. The van der Waals surface area contributed by atoms with Gasteiger partial charge in [-0.2, -0.15) is 18.3 Å². The van der Waals surface area contributed by atoms with Gasteiger partial charge in [0.05, 0.1) is 23.4 Å². The lowest BCUT2D eigenvalue weighted by molar-refractivity contribution is -0.144. The molecule has 0 unspecified atom stereocenters. The minimum atomic E-state index is -4.77. The van der Waals surface area contributed by atoms with Crippen molar-refractivity contribution in [1.82, 2.24) is 15.1 Å². The predicted molar refractivity (Wildman–Crippen MR) is 94.2 cm³/mol. The third-order valence-electron chi connectivity index (χ3n) is 4.97. The third kappa shape index (κ3) is 4.18. The van der Waals surface area contributed by atoms with Crippen LogP contribution in [0.3, 0.4) is 0 Å². The van der Waals surface area contributed by atoms with Crippen LogP contribution < -0.4 is 5.32 Å². The minimum absolute atomic E-state index is 0.207. The SMILES string of the molecule is Cc1ccc(-n2ncc(C(=O)NC3CCC(C(=O)O)CC3)c2C(F)(F)F)cc1. The van der Waals surface area contributed by atoms with Gasteiger partial charge in [0.2, 0.25) is 0 Å². The van der Waals surface area contributed by atoms with Crippen LogP contribution in [0.5, 0.6) is 0 Å². The number of aryl methyl sites for hydroxylation is 1. The van der Waals surface area contributed by atoms with Crippen molar-refractivity contribution >= 4 is 11.9 Å². The molecular weight excluding hydrogens is 375 g/mol. The van der Waals surface area contributed by atoms with E-state index in [9.17, 15) is 22.8 Å². The zero-order chi connectivity index (χ0) is 20.5. The molecule has 150 valence electrons. The molecule has 28 heavy (non-hydrogen) atoms. The van der Waals surface area contributed by atoms with E-state index in [2.05, 4.69) is 10.4 Å². The molecule has 1 heterocycles. The number of halogens is 3. The van der Waals surface area contributed by atoms with E-state index in [-0.39, 0.29) is 11.7 Å². The first-order chi connectivity index (χ1) is 13.2. The summed E-state index contributed by atoms with van der Waals surface area (Å²) in [6, 6.07) is 5.99. The zero-order valence-electron chi connectivity index (χ0n) is 15.2. The Balaban J connectivity index is 1.83. The number of carboxylic acid groups (broad SMARTS) is 1. The Morgan fingerprint density at radius 2 is 1.75 bits per heavy atom. The standard InChI is InChI=1S/C19H20F3N3O3/c1-11-2-8-14(9-3-11)25-16(19(20,21)22)15(10-23-25)17(26)24-13-6-4-12(5-7-13)18(27)28/h2-3,8-10,12-13H,4-7H2,1H3,(H,24,26)(H,27,28). The Hall–Kier alpha value is -2.84. The normalized spacial score (nSPS) is 20.0. The van der Waals surface area contributed by atoms with Gasteiger partial charge in [-0.1, -0.05) is 17.7 Å².